The first-order valence-corrected chi connectivity index (χ1v) is 8.73. The van der Waals surface area contributed by atoms with E-state index in [0.717, 1.165) is 50.7 Å². The van der Waals surface area contributed by atoms with Gasteiger partial charge in [0.05, 0.1) is 13.2 Å². The Hall–Kier alpha value is -1.89. The van der Waals surface area contributed by atoms with E-state index in [9.17, 15) is 4.79 Å². The second-order valence-electron chi connectivity index (χ2n) is 6.76. The molecule has 2 saturated heterocycles. The van der Waals surface area contributed by atoms with Gasteiger partial charge in [-0.2, -0.15) is 0 Å². The maximum atomic E-state index is 12.4. The van der Waals surface area contributed by atoms with Crippen LogP contribution >= 0.6 is 0 Å². The molecule has 0 radical (unpaired) electrons. The maximum Gasteiger partial charge on any atom is 0.223 e. The predicted molar refractivity (Wildman–Crippen MR) is 93.3 cm³/mol. The number of rotatable bonds is 4. The van der Waals surface area contributed by atoms with Crippen LogP contribution in [0.25, 0.3) is 0 Å². The summed E-state index contributed by atoms with van der Waals surface area (Å²) in [6.45, 7) is 4.73. The lowest BCUT2D eigenvalue weighted by atomic mass is 9.93. The number of anilines is 2. The van der Waals surface area contributed by atoms with Gasteiger partial charge in [-0.15, -0.1) is 0 Å². The fourth-order valence-electron chi connectivity index (χ4n) is 3.31. The average Bonchev–Trinajstić information content (AvgIpc) is 2.63. The molecule has 0 N–H and O–H groups in total. The lowest BCUT2D eigenvalue weighted by Gasteiger charge is -2.34. The van der Waals surface area contributed by atoms with E-state index in [1.807, 2.05) is 30.0 Å². The Morgan fingerprint density at radius 3 is 2.58 bits per heavy atom. The minimum Gasteiger partial charge on any atom is -0.378 e. The van der Waals surface area contributed by atoms with Gasteiger partial charge in [0.15, 0.2) is 0 Å². The van der Waals surface area contributed by atoms with E-state index < -0.39 is 0 Å². The van der Waals surface area contributed by atoms with Gasteiger partial charge in [0.2, 0.25) is 5.91 Å². The summed E-state index contributed by atoms with van der Waals surface area (Å²) in [4.78, 5) is 27.3. The lowest BCUT2D eigenvalue weighted by Crippen LogP contribution is -2.42. The second-order valence-corrected chi connectivity index (χ2v) is 6.76. The van der Waals surface area contributed by atoms with E-state index in [0.29, 0.717) is 25.6 Å². The Labute approximate surface area is 143 Å². The molecule has 0 aromatic carbocycles. The first kappa shape index (κ1) is 17.0. The van der Waals surface area contributed by atoms with E-state index in [1.165, 1.54) is 0 Å². The van der Waals surface area contributed by atoms with Gasteiger partial charge < -0.3 is 19.4 Å². The van der Waals surface area contributed by atoms with Crippen LogP contribution in [0, 0.1) is 5.92 Å². The van der Waals surface area contributed by atoms with Crippen molar-refractivity contribution in [1.82, 2.24) is 14.9 Å². The molecule has 3 rings (SSSR count). The molecule has 0 aliphatic carbocycles. The number of piperidine rings is 1. The van der Waals surface area contributed by atoms with Crippen molar-refractivity contribution >= 4 is 17.5 Å². The Morgan fingerprint density at radius 1 is 1.21 bits per heavy atom. The SMILES string of the molecule is CN(C)c1cc(N2CCC(CC(=O)N3CCOCC3)CC2)ncn1. The number of hydrogen-bond acceptors (Lipinski definition) is 6. The molecule has 0 saturated carbocycles. The molecule has 2 fully saturated rings. The molecular weight excluding hydrogens is 306 g/mol. The van der Waals surface area contributed by atoms with Crippen LogP contribution < -0.4 is 9.80 Å². The van der Waals surface area contributed by atoms with Crippen LogP contribution in [0.4, 0.5) is 11.6 Å². The average molecular weight is 333 g/mol. The predicted octanol–water partition coefficient (Wildman–Crippen LogP) is 1.01. The number of nitrogens with zero attached hydrogens (tertiary/aromatic N) is 5. The van der Waals surface area contributed by atoms with Gasteiger partial charge in [-0.3, -0.25) is 4.79 Å². The first-order chi connectivity index (χ1) is 11.6. The van der Waals surface area contributed by atoms with Crippen LogP contribution in [-0.2, 0) is 9.53 Å². The Balaban J connectivity index is 1.50. The summed E-state index contributed by atoms with van der Waals surface area (Å²) in [7, 11) is 3.96. The number of aromatic nitrogens is 2. The second kappa shape index (κ2) is 7.79. The van der Waals surface area contributed by atoms with Gasteiger partial charge in [-0.1, -0.05) is 0 Å². The molecule has 1 amide bonds. The molecule has 0 unspecified atom stereocenters. The van der Waals surface area contributed by atoms with E-state index in [1.54, 1.807) is 6.33 Å². The quantitative estimate of drug-likeness (QED) is 0.819. The van der Waals surface area contributed by atoms with Crippen molar-refractivity contribution in [3.8, 4) is 0 Å². The zero-order valence-corrected chi connectivity index (χ0v) is 14.6. The molecule has 1 aromatic rings. The summed E-state index contributed by atoms with van der Waals surface area (Å²) < 4.78 is 5.31. The molecule has 2 aliphatic heterocycles. The maximum absolute atomic E-state index is 12.4. The molecule has 24 heavy (non-hydrogen) atoms. The highest BCUT2D eigenvalue weighted by molar-refractivity contribution is 5.76. The monoisotopic (exact) mass is 333 g/mol. The topological polar surface area (TPSA) is 61.8 Å². The van der Waals surface area contributed by atoms with Gasteiger partial charge in [-0.05, 0) is 18.8 Å². The number of carbonyl (C=O) groups excluding carboxylic acids is 1. The molecule has 2 aliphatic rings. The van der Waals surface area contributed by atoms with Gasteiger partial charge in [0.25, 0.3) is 0 Å². The number of carbonyl (C=O) groups is 1. The van der Waals surface area contributed by atoms with Crippen molar-refractivity contribution in [3.63, 3.8) is 0 Å². The molecular formula is C17H27N5O2. The van der Waals surface area contributed by atoms with Gasteiger partial charge >= 0.3 is 0 Å². The highest BCUT2D eigenvalue weighted by Gasteiger charge is 2.25. The molecule has 0 atom stereocenters. The summed E-state index contributed by atoms with van der Waals surface area (Å²) in [5.74, 6) is 2.66. The van der Waals surface area contributed by atoms with Gasteiger partial charge in [-0.25, -0.2) is 9.97 Å². The highest BCUT2D eigenvalue weighted by atomic mass is 16.5. The smallest absolute Gasteiger partial charge is 0.223 e. The lowest BCUT2D eigenvalue weighted by molar-refractivity contribution is -0.136. The molecule has 7 nitrogen and oxygen atoms in total. The van der Waals surface area contributed by atoms with Crippen molar-refractivity contribution in [2.24, 2.45) is 5.92 Å². The van der Waals surface area contributed by atoms with Crippen LogP contribution in [-0.4, -0.2) is 74.3 Å². The molecule has 7 heteroatoms. The largest absolute Gasteiger partial charge is 0.378 e. The molecule has 3 heterocycles. The minimum atomic E-state index is 0.286. The van der Waals surface area contributed by atoms with Crippen molar-refractivity contribution < 1.29 is 9.53 Å². The Kier molecular flexibility index (Phi) is 5.50. The number of amides is 1. The molecule has 1 aromatic heterocycles. The number of hydrogen-bond donors (Lipinski definition) is 0. The van der Waals surface area contributed by atoms with E-state index in [4.69, 9.17) is 4.74 Å². The van der Waals surface area contributed by atoms with E-state index in [2.05, 4.69) is 14.9 Å². The fraction of sp³-hybridized carbons (Fsp3) is 0.706. The van der Waals surface area contributed by atoms with Crippen LogP contribution in [0.5, 0.6) is 0 Å². The fourth-order valence-corrected chi connectivity index (χ4v) is 3.31. The van der Waals surface area contributed by atoms with Crippen LogP contribution in [0.3, 0.4) is 0 Å². The van der Waals surface area contributed by atoms with E-state index >= 15 is 0 Å². The normalized spacial score (nSPS) is 19.4. The standard InChI is InChI=1S/C17H27N5O2/c1-20(2)15-12-16(19-13-18-15)21-5-3-14(4-6-21)11-17(23)22-7-9-24-10-8-22/h12-14H,3-11H2,1-2H3. The van der Waals surface area contributed by atoms with Crippen LogP contribution in [0.15, 0.2) is 12.4 Å². The minimum absolute atomic E-state index is 0.286. The first-order valence-electron chi connectivity index (χ1n) is 8.73. The molecule has 132 valence electrons. The van der Waals surface area contributed by atoms with Crippen molar-refractivity contribution in [3.05, 3.63) is 12.4 Å². The summed E-state index contributed by atoms with van der Waals surface area (Å²) in [6.07, 6.45) is 4.37. The molecule has 0 bridgehead atoms. The van der Waals surface area contributed by atoms with E-state index in [-0.39, 0.29) is 5.91 Å². The Morgan fingerprint density at radius 2 is 1.92 bits per heavy atom. The zero-order valence-electron chi connectivity index (χ0n) is 14.6. The summed E-state index contributed by atoms with van der Waals surface area (Å²) in [5.41, 5.74) is 0. The van der Waals surface area contributed by atoms with Crippen LogP contribution in [0.2, 0.25) is 0 Å². The van der Waals surface area contributed by atoms with Crippen molar-refractivity contribution in [2.75, 3.05) is 63.3 Å². The van der Waals surface area contributed by atoms with Crippen LogP contribution in [0.1, 0.15) is 19.3 Å². The number of morpholine rings is 1. The third-order valence-electron chi connectivity index (χ3n) is 4.86. The summed E-state index contributed by atoms with van der Waals surface area (Å²) in [6, 6.07) is 2.03. The zero-order chi connectivity index (χ0) is 16.9. The number of ether oxygens (including phenoxy) is 1. The van der Waals surface area contributed by atoms with Crippen molar-refractivity contribution in [1.29, 1.82) is 0 Å². The third kappa shape index (κ3) is 4.14. The third-order valence-corrected chi connectivity index (χ3v) is 4.86. The van der Waals surface area contributed by atoms with Gasteiger partial charge in [0, 0.05) is 52.8 Å². The Bertz CT molecular complexity index is 552. The summed E-state index contributed by atoms with van der Waals surface area (Å²) in [5, 5.41) is 0. The van der Waals surface area contributed by atoms with Crippen molar-refractivity contribution in [2.45, 2.75) is 19.3 Å². The van der Waals surface area contributed by atoms with Gasteiger partial charge in [0.1, 0.15) is 18.0 Å². The highest BCUT2D eigenvalue weighted by Crippen LogP contribution is 2.25. The molecule has 0 spiro atoms. The summed E-state index contributed by atoms with van der Waals surface area (Å²) >= 11 is 0.